The first-order chi connectivity index (χ1) is 10.6. The Morgan fingerprint density at radius 2 is 2.36 bits per heavy atom. The van der Waals surface area contributed by atoms with Gasteiger partial charge in [0.25, 0.3) is 0 Å². The quantitative estimate of drug-likeness (QED) is 0.821. The van der Waals surface area contributed by atoms with E-state index in [1.54, 1.807) is 7.11 Å². The second-order valence-corrected chi connectivity index (χ2v) is 6.28. The number of rotatable bonds is 6. The molecule has 0 bridgehead atoms. The molecule has 0 saturated heterocycles. The van der Waals surface area contributed by atoms with E-state index in [0.29, 0.717) is 10.9 Å². The molecular formula is C15H15N3O2S2. The number of hydrogen-bond acceptors (Lipinski definition) is 6. The molecule has 0 aliphatic rings. The van der Waals surface area contributed by atoms with Crippen molar-refractivity contribution in [2.75, 3.05) is 23.9 Å². The number of nitrogens with one attached hydrogen (secondary N) is 1. The number of anilines is 1. The molecule has 1 N–H and O–H groups in total. The molecule has 0 aliphatic heterocycles. The van der Waals surface area contributed by atoms with Crippen molar-refractivity contribution in [3.05, 3.63) is 29.1 Å². The van der Waals surface area contributed by atoms with Crippen molar-refractivity contribution < 1.29 is 9.53 Å². The van der Waals surface area contributed by atoms with Gasteiger partial charge in [-0.3, -0.25) is 4.79 Å². The Kier molecular flexibility index (Phi) is 5.81. The van der Waals surface area contributed by atoms with Crippen molar-refractivity contribution in [2.24, 2.45) is 0 Å². The van der Waals surface area contributed by atoms with Crippen LogP contribution >= 0.6 is 23.1 Å². The van der Waals surface area contributed by atoms with E-state index >= 15 is 0 Å². The molecule has 0 spiro atoms. The molecule has 0 radical (unpaired) electrons. The van der Waals surface area contributed by atoms with Crippen LogP contribution in [0.3, 0.4) is 0 Å². The lowest BCUT2D eigenvalue weighted by Crippen LogP contribution is -2.14. The lowest BCUT2D eigenvalue weighted by atomic mass is 10.1. The third-order valence-corrected chi connectivity index (χ3v) is 4.34. The van der Waals surface area contributed by atoms with Crippen molar-refractivity contribution >= 4 is 34.1 Å². The van der Waals surface area contributed by atoms with Gasteiger partial charge < -0.3 is 10.1 Å². The minimum atomic E-state index is -0.155. The van der Waals surface area contributed by atoms with Crippen LogP contribution in [0.1, 0.15) is 5.56 Å². The van der Waals surface area contributed by atoms with Crippen LogP contribution in [0.15, 0.2) is 23.6 Å². The number of nitriles is 1. The molecule has 2 aromatic rings. The fourth-order valence-corrected chi connectivity index (χ4v) is 3.00. The second-order valence-electron chi connectivity index (χ2n) is 4.44. The van der Waals surface area contributed by atoms with E-state index in [0.717, 1.165) is 22.6 Å². The Labute approximate surface area is 137 Å². The molecule has 0 atom stereocenters. The van der Waals surface area contributed by atoms with Gasteiger partial charge in [-0.1, -0.05) is 11.6 Å². The van der Waals surface area contributed by atoms with E-state index in [1.165, 1.54) is 23.1 Å². The number of aromatic nitrogens is 1. The Balaban J connectivity index is 2.10. The van der Waals surface area contributed by atoms with Gasteiger partial charge in [0, 0.05) is 10.9 Å². The van der Waals surface area contributed by atoms with Crippen LogP contribution in [0.5, 0.6) is 5.75 Å². The van der Waals surface area contributed by atoms with Gasteiger partial charge in [0.2, 0.25) is 5.91 Å². The summed E-state index contributed by atoms with van der Waals surface area (Å²) in [7, 11) is 1.62. The zero-order valence-electron chi connectivity index (χ0n) is 12.3. The largest absolute Gasteiger partial charge is 0.496 e. The number of nitrogens with zero attached hydrogens (tertiary/aromatic N) is 2. The van der Waals surface area contributed by atoms with E-state index < -0.39 is 0 Å². The topological polar surface area (TPSA) is 75.0 Å². The average Bonchev–Trinajstić information content (AvgIpc) is 2.95. The smallest absolute Gasteiger partial charge is 0.236 e. The number of thiazole rings is 1. The second kappa shape index (κ2) is 7.82. The summed E-state index contributed by atoms with van der Waals surface area (Å²) in [5.41, 5.74) is 2.78. The minimum absolute atomic E-state index is 0.155. The van der Waals surface area contributed by atoms with Crippen LogP contribution in [0.4, 0.5) is 5.13 Å². The Bertz CT molecular complexity index is 707. The number of hydrogen-bond donors (Lipinski definition) is 1. The fraction of sp³-hybridized carbons (Fsp3) is 0.267. The number of thioether (sulfide) groups is 1. The molecule has 114 valence electrons. The highest BCUT2D eigenvalue weighted by atomic mass is 32.2. The van der Waals surface area contributed by atoms with Crippen molar-refractivity contribution in [3.63, 3.8) is 0 Å². The van der Waals surface area contributed by atoms with Crippen LogP contribution in [0, 0.1) is 18.3 Å². The maximum absolute atomic E-state index is 11.7. The number of ether oxygens (including phenoxy) is 1. The first-order valence-corrected chi connectivity index (χ1v) is 8.52. The van der Waals surface area contributed by atoms with Gasteiger partial charge >= 0.3 is 0 Å². The maximum Gasteiger partial charge on any atom is 0.236 e. The Morgan fingerprint density at radius 1 is 1.55 bits per heavy atom. The number of carbonyl (C=O) groups excluding carboxylic acids is 1. The van der Waals surface area contributed by atoms with Crippen molar-refractivity contribution in [2.45, 2.75) is 6.92 Å². The van der Waals surface area contributed by atoms with Crippen LogP contribution in [-0.4, -0.2) is 29.5 Å². The van der Waals surface area contributed by atoms with Gasteiger partial charge in [-0.25, -0.2) is 4.98 Å². The van der Waals surface area contributed by atoms with Crippen LogP contribution < -0.4 is 10.1 Å². The Morgan fingerprint density at radius 3 is 3.09 bits per heavy atom. The van der Waals surface area contributed by atoms with Crippen LogP contribution in [-0.2, 0) is 4.79 Å². The molecule has 2 rings (SSSR count). The predicted octanol–water partition coefficient (Wildman–Crippen LogP) is 3.32. The maximum atomic E-state index is 11.7. The lowest BCUT2D eigenvalue weighted by Gasteiger charge is -2.07. The summed E-state index contributed by atoms with van der Waals surface area (Å²) in [6.07, 6.45) is 0. The van der Waals surface area contributed by atoms with Crippen LogP contribution in [0.2, 0.25) is 0 Å². The molecule has 0 aliphatic carbocycles. The summed E-state index contributed by atoms with van der Waals surface area (Å²) in [6.45, 7) is 2.00. The number of methoxy groups -OCH3 is 1. The van der Waals surface area contributed by atoms with E-state index in [4.69, 9.17) is 10.00 Å². The zero-order valence-corrected chi connectivity index (χ0v) is 13.9. The van der Waals surface area contributed by atoms with Gasteiger partial charge in [0.1, 0.15) is 5.75 Å². The number of benzene rings is 1. The average molecular weight is 333 g/mol. The van der Waals surface area contributed by atoms with E-state index in [9.17, 15) is 4.79 Å². The number of carbonyl (C=O) groups is 1. The molecule has 0 unspecified atom stereocenters. The summed E-state index contributed by atoms with van der Waals surface area (Å²) in [6, 6.07) is 7.87. The first-order valence-electron chi connectivity index (χ1n) is 6.49. The lowest BCUT2D eigenvalue weighted by molar-refractivity contribution is -0.113. The van der Waals surface area contributed by atoms with E-state index in [1.807, 2.05) is 36.6 Å². The number of amides is 1. The van der Waals surface area contributed by atoms with Crippen molar-refractivity contribution in [1.82, 2.24) is 4.98 Å². The molecule has 1 heterocycles. The minimum Gasteiger partial charge on any atom is -0.496 e. The normalized spacial score (nSPS) is 10.0. The molecule has 5 nitrogen and oxygen atoms in total. The molecular weight excluding hydrogens is 318 g/mol. The molecule has 0 saturated carbocycles. The fourth-order valence-electron chi connectivity index (χ4n) is 1.82. The summed E-state index contributed by atoms with van der Waals surface area (Å²) in [4.78, 5) is 16.1. The molecule has 0 fully saturated rings. The van der Waals surface area contributed by atoms with Gasteiger partial charge in [-0.2, -0.15) is 5.26 Å². The molecule has 1 amide bonds. The third kappa shape index (κ3) is 4.23. The monoisotopic (exact) mass is 333 g/mol. The summed E-state index contributed by atoms with van der Waals surface area (Å²) >= 11 is 2.64. The highest BCUT2D eigenvalue weighted by Gasteiger charge is 2.12. The molecule has 1 aromatic carbocycles. The summed E-state index contributed by atoms with van der Waals surface area (Å²) in [5, 5.41) is 13.6. The van der Waals surface area contributed by atoms with Crippen molar-refractivity contribution in [1.29, 1.82) is 5.26 Å². The molecule has 22 heavy (non-hydrogen) atoms. The Hall–Kier alpha value is -2.04. The molecule has 1 aromatic heterocycles. The van der Waals surface area contributed by atoms with Gasteiger partial charge in [-0.05, 0) is 19.1 Å². The van der Waals surface area contributed by atoms with Gasteiger partial charge in [-0.15, -0.1) is 23.1 Å². The van der Waals surface area contributed by atoms with Gasteiger partial charge in [0.15, 0.2) is 5.13 Å². The van der Waals surface area contributed by atoms with Crippen LogP contribution in [0.25, 0.3) is 11.3 Å². The zero-order chi connectivity index (χ0) is 15.9. The highest BCUT2D eigenvalue weighted by molar-refractivity contribution is 8.00. The predicted molar refractivity (Wildman–Crippen MR) is 90.4 cm³/mol. The standard InChI is InChI=1S/C15H15N3O2S2/c1-10-3-4-13(20-2)11(7-10)12-8-22-15(17-12)18-14(19)9-21-6-5-16/h3-4,7-8H,6,9H2,1-2H3,(H,17,18,19). The molecule has 7 heteroatoms. The van der Waals surface area contributed by atoms with Gasteiger partial charge in [0.05, 0.1) is 30.4 Å². The number of aryl methyl sites for hydroxylation is 1. The summed E-state index contributed by atoms with van der Waals surface area (Å²) in [5.74, 6) is 1.14. The van der Waals surface area contributed by atoms with E-state index in [-0.39, 0.29) is 11.7 Å². The van der Waals surface area contributed by atoms with E-state index in [2.05, 4.69) is 10.3 Å². The first kappa shape index (κ1) is 16.3. The van der Waals surface area contributed by atoms with Crippen molar-refractivity contribution in [3.8, 4) is 23.1 Å². The highest BCUT2D eigenvalue weighted by Crippen LogP contribution is 2.32. The third-order valence-electron chi connectivity index (χ3n) is 2.78. The summed E-state index contributed by atoms with van der Waals surface area (Å²) < 4.78 is 5.35. The SMILES string of the molecule is COc1ccc(C)cc1-c1csc(NC(=O)CSCC#N)n1.